The topological polar surface area (TPSA) is 102 Å². The third-order valence-electron chi connectivity index (χ3n) is 9.61. The number of ether oxygens (including phenoxy) is 2. The molecule has 3 atom stereocenters. The largest absolute Gasteiger partial charge is 0.487 e. The van der Waals surface area contributed by atoms with Crippen LogP contribution in [0.4, 0.5) is 17.6 Å². The fraction of sp³-hybridized carbons (Fsp3) is 0.441. The Morgan fingerprint density at radius 1 is 1.00 bits per heavy atom. The van der Waals surface area contributed by atoms with Gasteiger partial charge in [-0.3, -0.25) is 9.59 Å². The lowest BCUT2D eigenvalue weighted by atomic mass is 9.46. The molecule has 11 heteroatoms. The number of halogens is 4. The van der Waals surface area contributed by atoms with Gasteiger partial charge in [-0.15, -0.1) is 0 Å². The molecule has 4 saturated carbocycles. The third kappa shape index (κ3) is 6.14. The molecule has 7 nitrogen and oxygen atoms in total. The van der Waals surface area contributed by atoms with E-state index in [4.69, 9.17) is 9.47 Å². The van der Waals surface area contributed by atoms with Gasteiger partial charge in [-0.2, -0.15) is 13.2 Å². The van der Waals surface area contributed by atoms with Gasteiger partial charge < -0.3 is 19.9 Å². The summed E-state index contributed by atoms with van der Waals surface area (Å²) in [5, 5.41) is 14.1. The summed E-state index contributed by atoms with van der Waals surface area (Å²) < 4.78 is 65.4. The van der Waals surface area contributed by atoms with Gasteiger partial charge in [0, 0.05) is 10.8 Å². The third-order valence-corrected chi connectivity index (χ3v) is 9.61. The summed E-state index contributed by atoms with van der Waals surface area (Å²) in [6, 6.07) is 10.0. The number of alkyl halides is 3. The maximum absolute atomic E-state index is 14.1. The first-order valence-electron chi connectivity index (χ1n) is 14.9. The molecule has 0 aromatic heterocycles. The van der Waals surface area contributed by atoms with Crippen LogP contribution in [-0.2, 0) is 27.1 Å². The predicted molar refractivity (Wildman–Crippen MR) is 155 cm³/mol. The van der Waals surface area contributed by atoms with Gasteiger partial charge in [-0.1, -0.05) is 18.2 Å². The smallest absolute Gasteiger partial charge is 0.416 e. The number of fused-ring (bicyclic) bond motifs is 1. The highest BCUT2D eigenvalue weighted by Crippen LogP contribution is 2.64. The molecule has 0 aliphatic heterocycles. The normalized spacial score (nSPS) is 26.1. The van der Waals surface area contributed by atoms with E-state index in [0.717, 1.165) is 31.4 Å². The van der Waals surface area contributed by atoms with Crippen LogP contribution >= 0.6 is 0 Å². The van der Waals surface area contributed by atoms with Crippen LogP contribution in [0.25, 0.3) is 10.8 Å². The molecule has 0 saturated heterocycles. The zero-order valence-corrected chi connectivity index (χ0v) is 24.6. The number of benzene rings is 3. The van der Waals surface area contributed by atoms with E-state index >= 15 is 0 Å². The van der Waals surface area contributed by atoms with Crippen molar-refractivity contribution in [1.29, 1.82) is 0 Å². The van der Waals surface area contributed by atoms with Gasteiger partial charge in [0.1, 0.15) is 30.8 Å². The summed E-state index contributed by atoms with van der Waals surface area (Å²) >= 11 is 0. The number of carboxylic acids is 1. The molecule has 7 rings (SSSR count). The van der Waals surface area contributed by atoms with Gasteiger partial charge >= 0.3 is 12.1 Å². The number of ketones is 1. The molecular formula is C34H33F4NO6. The van der Waals surface area contributed by atoms with Gasteiger partial charge in [0.15, 0.2) is 5.78 Å². The second kappa shape index (κ2) is 11.4. The molecule has 238 valence electrons. The number of carboxylic acid groups (broad SMARTS) is 1. The minimum atomic E-state index is -4.50. The summed E-state index contributed by atoms with van der Waals surface area (Å²) in [4.78, 5) is 38.5. The average molecular weight is 628 g/mol. The lowest BCUT2D eigenvalue weighted by Crippen LogP contribution is -2.65. The Hall–Kier alpha value is -3.99. The van der Waals surface area contributed by atoms with Crippen LogP contribution in [0.5, 0.6) is 5.75 Å². The van der Waals surface area contributed by atoms with Crippen molar-refractivity contribution in [2.45, 2.75) is 69.9 Å². The van der Waals surface area contributed by atoms with Crippen molar-refractivity contribution in [3.63, 3.8) is 0 Å². The van der Waals surface area contributed by atoms with E-state index in [0.29, 0.717) is 35.6 Å². The molecule has 0 heterocycles. The lowest BCUT2D eigenvalue weighted by Gasteiger charge is -2.62. The van der Waals surface area contributed by atoms with Crippen LogP contribution in [0.3, 0.4) is 0 Å². The van der Waals surface area contributed by atoms with Crippen LogP contribution < -0.4 is 10.1 Å². The summed E-state index contributed by atoms with van der Waals surface area (Å²) in [7, 11) is 0. The number of nitrogens with one attached hydrogen (secondary N) is 1. The highest BCUT2D eigenvalue weighted by molar-refractivity contribution is 6.05. The van der Waals surface area contributed by atoms with Crippen LogP contribution in [0.15, 0.2) is 54.6 Å². The monoisotopic (exact) mass is 627 g/mol. The molecule has 3 aromatic carbocycles. The highest BCUT2D eigenvalue weighted by atomic mass is 19.4. The van der Waals surface area contributed by atoms with Crippen molar-refractivity contribution >= 4 is 28.4 Å². The summed E-state index contributed by atoms with van der Waals surface area (Å²) in [5.41, 5.74) is -1.79. The molecular weight excluding hydrogens is 594 g/mol. The lowest BCUT2D eigenvalue weighted by molar-refractivity contribution is -0.203. The number of amides is 1. The SMILES string of the molecule is CC(=O)COC12CC3CC(C1)CC([C@H](NC(=O)c1ccc4cc(F)ccc4c1OCc1ccc(C(F)(F)F)cc1)C(=O)O)(C3)C2. The second-order valence-electron chi connectivity index (χ2n) is 13.0. The zero-order chi connectivity index (χ0) is 32.1. The van der Waals surface area contributed by atoms with E-state index in [2.05, 4.69) is 5.32 Å². The van der Waals surface area contributed by atoms with Crippen molar-refractivity contribution in [3.8, 4) is 5.75 Å². The van der Waals surface area contributed by atoms with Gasteiger partial charge in [-0.05, 0) is 105 Å². The Morgan fingerprint density at radius 2 is 1.69 bits per heavy atom. The van der Waals surface area contributed by atoms with Crippen molar-refractivity contribution < 1.29 is 46.5 Å². The van der Waals surface area contributed by atoms with Crippen molar-refractivity contribution in [3.05, 3.63) is 77.1 Å². The zero-order valence-electron chi connectivity index (χ0n) is 24.6. The molecule has 0 radical (unpaired) electrons. The quantitative estimate of drug-likeness (QED) is 0.243. The van der Waals surface area contributed by atoms with Crippen LogP contribution in [-0.4, -0.2) is 41.0 Å². The van der Waals surface area contributed by atoms with Crippen LogP contribution in [0, 0.1) is 23.1 Å². The Labute approximate surface area is 256 Å². The summed E-state index contributed by atoms with van der Waals surface area (Å²) in [6.07, 6.45) is -0.409. The van der Waals surface area contributed by atoms with E-state index in [-0.39, 0.29) is 42.1 Å². The molecule has 45 heavy (non-hydrogen) atoms. The number of Topliss-reactive ketones (excluding diaryl/α,β-unsaturated/α-hetero) is 1. The molecule has 2 unspecified atom stereocenters. The van der Waals surface area contributed by atoms with E-state index < -0.39 is 46.5 Å². The van der Waals surface area contributed by atoms with Gasteiger partial charge in [-0.25, -0.2) is 9.18 Å². The highest BCUT2D eigenvalue weighted by Gasteiger charge is 2.62. The first-order valence-corrected chi connectivity index (χ1v) is 14.9. The molecule has 0 spiro atoms. The Morgan fingerprint density at radius 3 is 2.31 bits per heavy atom. The van der Waals surface area contributed by atoms with Gasteiger partial charge in [0.25, 0.3) is 5.91 Å². The molecule has 4 aliphatic carbocycles. The predicted octanol–water partition coefficient (Wildman–Crippen LogP) is 6.70. The van der Waals surface area contributed by atoms with Gasteiger partial charge in [0.05, 0.1) is 16.7 Å². The van der Waals surface area contributed by atoms with Crippen LogP contribution in [0.2, 0.25) is 0 Å². The van der Waals surface area contributed by atoms with Crippen molar-refractivity contribution in [2.75, 3.05) is 6.61 Å². The number of hydrogen-bond donors (Lipinski definition) is 2. The molecule has 2 N–H and O–H groups in total. The Bertz CT molecular complexity index is 1640. The maximum atomic E-state index is 14.1. The Balaban J connectivity index is 1.30. The first kappa shape index (κ1) is 31.0. The minimum absolute atomic E-state index is 0.0135. The number of carbonyl (C=O) groups is 3. The minimum Gasteiger partial charge on any atom is -0.487 e. The number of rotatable bonds is 10. The molecule has 3 aromatic rings. The van der Waals surface area contributed by atoms with E-state index in [1.165, 1.54) is 49.4 Å². The van der Waals surface area contributed by atoms with Crippen LogP contribution in [0.1, 0.15) is 66.9 Å². The first-order chi connectivity index (χ1) is 21.3. The molecule has 4 aliphatic rings. The molecule has 4 bridgehead atoms. The second-order valence-corrected chi connectivity index (χ2v) is 13.0. The van der Waals surface area contributed by atoms with Crippen molar-refractivity contribution in [2.24, 2.45) is 17.3 Å². The summed E-state index contributed by atoms with van der Waals surface area (Å²) in [6.45, 7) is 1.21. The fourth-order valence-corrected chi connectivity index (χ4v) is 8.25. The van der Waals surface area contributed by atoms with E-state index in [1.807, 2.05) is 0 Å². The molecule has 4 fully saturated rings. The van der Waals surface area contributed by atoms with E-state index in [9.17, 15) is 37.1 Å². The number of hydrogen-bond acceptors (Lipinski definition) is 5. The van der Waals surface area contributed by atoms with Gasteiger partial charge in [0.2, 0.25) is 0 Å². The van der Waals surface area contributed by atoms with Crippen molar-refractivity contribution in [1.82, 2.24) is 5.32 Å². The fourth-order valence-electron chi connectivity index (χ4n) is 8.25. The Kier molecular flexibility index (Phi) is 7.87. The number of aliphatic carboxylic acids is 1. The summed E-state index contributed by atoms with van der Waals surface area (Å²) in [5.74, 6) is -2.01. The van der Waals surface area contributed by atoms with E-state index in [1.54, 1.807) is 0 Å². The number of carbonyl (C=O) groups excluding carboxylic acids is 2. The average Bonchev–Trinajstić information content (AvgIpc) is 2.96. The molecule has 1 amide bonds. The maximum Gasteiger partial charge on any atom is 0.416 e. The standard InChI is InChI=1S/C34H33F4NO6/c1-19(40)16-45-33-14-21-10-22(15-33)13-32(12-21,18-33)29(31(42)43)39-30(41)27-8-4-23-11-25(35)7-9-26(23)28(27)44-17-20-2-5-24(6-3-20)34(36,37)38/h2-9,11,21-22,29H,10,12-18H2,1H3,(H,39,41)(H,42,43)/t21?,22?,29-,32?,33?/m1/s1.